The van der Waals surface area contributed by atoms with Crippen molar-refractivity contribution in [3.8, 4) is 0 Å². The van der Waals surface area contributed by atoms with Crippen molar-refractivity contribution in [2.45, 2.75) is 61.9 Å². The maximum Gasteiger partial charge on any atom is 0.419 e. The Bertz CT molecular complexity index is 3640. The van der Waals surface area contributed by atoms with E-state index in [1.807, 2.05) is 48.5 Å². The maximum absolute atomic E-state index is 13.9. The predicted octanol–water partition coefficient (Wildman–Crippen LogP) is 14.3. The van der Waals surface area contributed by atoms with Gasteiger partial charge in [-0.25, -0.2) is 34.4 Å². The Morgan fingerprint density at radius 1 is 0.513 bits per heavy atom. The summed E-state index contributed by atoms with van der Waals surface area (Å²) in [5.74, 6) is -2.87. The average molecular weight is 1160 g/mol. The summed E-state index contributed by atoms with van der Waals surface area (Å²) in [4.78, 5) is 22.9. The second-order valence-electron chi connectivity index (χ2n) is 17.1. The van der Waals surface area contributed by atoms with Crippen LogP contribution < -0.4 is 8.61 Å². The number of alkyl halides is 6. The van der Waals surface area contributed by atoms with Gasteiger partial charge in [-0.3, -0.25) is 18.2 Å². The molecule has 10 rings (SSSR count). The number of anilines is 2. The molecule has 0 saturated heterocycles. The van der Waals surface area contributed by atoms with Crippen LogP contribution >= 0.6 is 46.6 Å². The Morgan fingerprint density at radius 2 is 0.868 bits per heavy atom. The highest BCUT2D eigenvalue weighted by molar-refractivity contribution is 8.13. The van der Waals surface area contributed by atoms with Crippen LogP contribution in [-0.2, 0) is 55.1 Å². The number of thiophene rings is 2. The molecule has 392 valence electrons. The second-order valence-corrected chi connectivity index (χ2v) is 24.5. The normalized spacial score (nSPS) is 14.2. The smallest absolute Gasteiger partial charge is 0.285 e. The van der Waals surface area contributed by atoms with Gasteiger partial charge < -0.3 is 0 Å². The third-order valence-electron chi connectivity index (χ3n) is 12.1. The van der Waals surface area contributed by atoms with Crippen LogP contribution in [0.5, 0.6) is 0 Å². The van der Waals surface area contributed by atoms with Gasteiger partial charge in [0.05, 0.1) is 82.2 Å². The molecule has 2 aliphatic rings. The molecule has 0 saturated carbocycles. The number of halogens is 8. The molecular weight excluding hydrogens is 1120 g/mol. The van der Waals surface area contributed by atoms with Crippen molar-refractivity contribution >= 4 is 118 Å². The van der Waals surface area contributed by atoms with Crippen LogP contribution in [-0.4, -0.2) is 38.5 Å². The summed E-state index contributed by atoms with van der Waals surface area (Å²) in [6, 6.07) is 31.2. The third-order valence-corrected chi connectivity index (χ3v) is 19.8. The van der Waals surface area contributed by atoms with Gasteiger partial charge in [-0.1, -0.05) is 72.8 Å². The van der Waals surface area contributed by atoms with Crippen LogP contribution in [0.25, 0.3) is 20.2 Å². The molecule has 0 radical (unpaired) electrons. The third kappa shape index (κ3) is 11.2. The highest BCUT2D eigenvalue weighted by Crippen LogP contribution is 2.44. The van der Waals surface area contributed by atoms with Gasteiger partial charge in [-0.2, -0.15) is 26.3 Å². The largest absolute Gasteiger partial charge is 0.419 e. The number of rotatable bonds is 12. The van der Waals surface area contributed by atoms with E-state index < -0.39 is 68.3 Å². The highest BCUT2D eigenvalue weighted by atomic mass is 32.2. The Kier molecular flexibility index (Phi) is 15.1. The van der Waals surface area contributed by atoms with E-state index >= 15 is 0 Å². The fourth-order valence-electron chi connectivity index (χ4n) is 8.26. The van der Waals surface area contributed by atoms with Crippen LogP contribution in [0.3, 0.4) is 0 Å². The lowest BCUT2D eigenvalue weighted by Crippen LogP contribution is -2.30. The molecule has 0 N–H and O–H groups in total. The molecular formula is C52H36F8N4O6S6. The van der Waals surface area contributed by atoms with Gasteiger partial charge in [0.1, 0.15) is 21.6 Å². The molecule has 0 bridgehead atoms. The first-order chi connectivity index (χ1) is 35.9. The van der Waals surface area contributed by atoms with Gasteiger partial charge in [0, 0.05) is 9.40 Å². The summed E-state index contributed by atoms with van der Waals surface area (Å²) >= 11 is 4.08. The predicted molar refractivity (Wildman–Crippen MR) is 283 cm³/mol. The van der Waals surface area contributed by atoms with Gasteiger partial charge in [0.25, 0.3) is 20.0 Å². The van der Waals surface area contributed by atoms with E-state index in [9.17, 15) is 61.5 Å². The molecule has 24 heteroatoms. The first kappa shape index (κ1) is 54.4. The fourth-order valence-corrected chi connectivity index (χ4v) is 15.3. The van der Waals surface area contributed by atoms with E-state index in [0.29, 0.717) is 67.9 Å². The number of fused-ring (bicyclic) bond motifs is 2. The van der Waals surface area contributed by atoms with Crippen molar-refractivity contribution in [2.24, 2.45) is 8.80 Å². The first-order valence-electron chi connectivity index (χ1n) is 22.4. The fraction of sp³-hybridized carbons (Fsp3) is 0.154. The van der Waals surface area contributed by atoms with E-state index in [1.54, 1.807) is 38.1 Å². The summed E-state index contributed by atoms with van der Waals surface area (Å²) < 4.78 is 176. The number of sulfonamides is 2. The summed E-state index contributed by atoms with van der Waals surface area (Å²) in [5, 5.41) is 2.10. The van der Waals surface area contributed by atoms with Crippen molar-refractivity contribution in [1.29, 1.82) is 0 Å². The molecule has 0 fully saturated rings. The number of hydrogen-bond donors (Lipinski definition) is 0. The molecule has 10 nitrogen and oxygen atoms in total. The monoisotopic (exact) mass is 1160 g/mol. The first-order valence-corrected chi connectivity index (χ1v) is 28.4. The van der Waals surface area contributed by atoms with Crippen molar-refractivity contribution < 1.29 is 61.5 Å². The topological polar surface area (TPSA) is 134 Å². The van der Waals surface area contributed by atoms with Gasteiger partial charge in [-0.05, 0) is 119 Å². The molecule has 8 aromatic rings. The summed E-state index contributed by atoms with van der Waals surface area (Å²) in [6.07, 6.45) is -9.60. The standard InChI is InChI=1S/2C26H18F4N2O3S3/c2*1-15-19-4-2-3-5-23(19)36-25(15)32(14-16-6-11-21(27)20(12-16)26(28,29)30)38(34,35)18-9-7-17(8-10-18)22-13-24(33)37-31-22/h2*2-12H,13-14H2,1H3. The van der Waals surface area contributed by atoms with Gasteiger partial charge in [0.15, 0.2) is 0 Å². The zero-order valence-corrected chi connectivity index (χ0v) is 44.1. The number of carbonyl (C=O) groups is 2. The number of hydrogen-bond acceptors (Lipinski definition) is 12. The Balaban J connectivity index is 0.000000186. The summed E-state index contributed by atoms with van der Waals surface area (Å²) in [7, 11) is -8.55. The van der Waals surface area contributed by atoms with Crippen LogP contribution in [0.1, 0.15) is 57.3 Å². The van der Waals surface area contributed by atoms with Gasteiger partial charge in [0.2, 0.25) is 10.2 Å². The summed E-state index contributed by atoms with van der Waals surface area (Å²) in [6.45, 7) is 2.61. The van der Waals surface area contributed by atoms with Crippen molar-refractivity contribution in [2.75, 3.05) is 8.61 Å². The van der Waals surface area contributed by atoms with Crippen molar-refractivity contribution in [3.63, 3.8) is 0 Å². The van der Waals surface area contributed by atoms with E-state index in [-0.39, 0.29) is 44.0 Å². The zero-order valence-electron chi connectivity index (χ0n) is 39.2. The van der Waals surface area contributed by atoms with Crippen LogP contribution in [0.2, 0.25) is 0 Å². The van der Waals surface area contributed by atoms with Crippen LogP contribution in [0.15, 0.2) is 152 Å². The second kappa shape index (κ2) is 21.2. The Labute approximate surface area is 446 Å². The lowest BCUT2D eigenvalue weighted by atomic mass is 10.1. The SMILES string of the molecule is Cc1c(N(Cc2ccc(F)c(C(F)(F)F)c2)S(=O)(=O)c2ccc(C3=NSC(=O)C3)cc2)sc2ccccc12.Cc1c(N(Cc2ccc(F)c(C(F)(F)F)c2)S(=O)(=O)c2ccc(C3=NSC(=O)C3)cc2)sc2ccccc12. The number of nitrogens with zero attached hydrogens (tertiary/aromatic N) is 4. The molecule has 2 aliphatic heterocycles. The van der Waals surface area contributed by atoms with Crippen molar-refractivity contribution in [1.82, 2.24) is 0 Å². The summed E-state index contributed by atoms with van der Waals surface area (Å²) in [5.41, 5.74) is 0.599. The van der Waals surface area contributed by atoms with Crippen LogP contribution in [0.4, 0.5) is 45.1 Å². The van der Waals surface area contributed by atoms with E-state index in [4.69, 9.17) is 0 Å². The number of benzene rings is 6. The zero-order chi connectivity index (χ0) is 54.5. The molecule has 0 aliphatic carbocycles. The maximum atomic E-state index is 13.9. The lowest BCUT2D eigenvalue weighted by Gasteiger charge is -2.25. The minimum atomic E-state index is -4.93. The molecule has 2 aromatic heterocycles. The molecule has 0 atom stereocenters. The van der Waals surface area contributed by atoms with Crippen LogP contribution in [0, 0.1) is 25.5 Å². The molecule has 0 unspecified atom stereocenters. The average Bonchev–Trinajstić information content (AvgIpc) is 4.18. The molecule has 76 heavy (non-hydrogen) atoms. The van der Waals surface area contributed by atoms with Gasteiger partial charge in [-0.15, -0.1) is 22.7 Å². The minimum Gasteiger partial charge on any atom is -0.285 e. The van der Waals surface area contributed by atoms with Crippen molar-refractivity contribution in [3.05, 3.63) is 190 Å². The Hall–Kier alpha value is -6.44. The van der Waals surface area contributed by atoms with E-state index in [0.717, 1.165) is 64.8 Å². The minimum absolute atomic E-state index is 0.0216. The molecule has 6 aromatic carbocycles. The lowest BCUT2D eigenvalue weighted by molar-refractivity contribution is -0.140. The molecule has 4 heterocycles. The highest BCUT2D eigenvalue weighted by Gasteiger charge is 2.37. The number of aryl methyl sites for hydroxylation is 2. The number of carbonyl (C=O) groups excluding carboxylic acids is 2. The quantitative estimate of drug-likeness (QED) is 0.0872. The molecule has 0 spiro atoms. The molecule has 0 amide bonds. The van der Waals surface area contributed by atoms with Gasteiger partial charge >= 0.3 is 12.4 Å². The van der Waals surface area contributed by atoms with E-state index in [2.05, 4.69) is 8.80 Å². The Morgan fingerprint density at radius 3 is 1.18 bits per heavy atom. The van der Waals surface area contributed by atoms with E-state index in [1.165, 1.54) is 46.9 Å².